The molecule has 1 aliphatic heterocycles. The van der Waals surface area contributed by atoms with E-state index in [1.165, 1.54) is 5.56 Å². The molecule has 0 saturated carbocycles. The summed E-state index contributed by atoms with van der Waals surface area (Å²) in [5.41, 5.74) is 1.99. The summed E-state index contributed by atoms with van der Waals surface area (Å²) in [7, 11) is 0. The third-order valence-electron chi connectivity index (χ3n) is 3.52. The molecule has 1 aromatic carbocycles. The first-order chi connectivity index (χ1) is 9.54. The van der Waals surface area contributed by atoms with E-state index in [4.69, 9.17) is 0 Å². The first kappa shape index (κ1) is 14.5. The van der Waals surface area contributed by atoms with E-state index in [2.05, 4.69) is 10.2 Å². The molecule has 5 heteroatoms. The molecule has 0 aromatic heterocycles. The number of nitrogens with zero attached hydrogens (tertiary/aromatic N) is 2. The van der Waals surface area contributed by atoms with Crippen molar-refractivity contribution in [2.45, 2.75) is 13.8 Å². The Hall–Kier alpha value is -1.88. The van der Waals surface area contributed by atoms with Gasteiger partial charge in [0, 0.05) is 38.8 Å². The fraction of sp³-hybridized carbons (Fsp3) is 0.467. The van der Waals surface area contributed by atoms with Crippen molar-refractivity contribution >= 4 is 17.5 Å². The minimum Gasteiger partial charge on any atom is -0.340 e. The van der Waals surface area contributed by atoms with E-state index >= 15 is 0 Å². The van der Waals surface area contributed by atoms with Gasteiger partial charge in [-0.15, -0.1) is 0 Å². The highest BCUT2D eigenvalue weighted by Gasteiger charge is 2.20. The Morgan fingerprint density at radius 2 is 1.70 bits per heavy atom. The van der Waals surface area contributed by atoms with Crippen molar-refractivity contribution in [2.24, 2.45) is 0 Å². The molecule has 0 spiro atoms. The van der Waals surface area contributed by atoms with Crippen LogP contribution in [0.25, 0.3) is 0 Å². The summed E-state index contributed by atoms with van der Waals surface area (Å²) < 4.78 is 0. The molecule has 1 fully saturated rings. The fourth-order valence-corrected chi connectivity index (χ4v) is 2.26. The van der Waals surface area contributed by atoms with Crippen LogP contribution in [0.15, 0.2) is 24.3 Å². The van der Waals surface area contributed by atoms with Crippen LogP contribution in [0.2, 0.25) is 0 Å². The van der Waals surface area contributed by atoms with E-state index in [-0.39, 0.29) is 11.8 Å². The van der Waals surface area contributed by atoms with Crippen molar-refractivity contribution < 1.29 is 9.59 Å². The molecule has 5 nitrogen and oxygen atoms in total. The third kappa shape index (κ3) is 4.06. The van der Waals surface area contributed by atoms with Crippen molar-refractivity contribution in [1.29, 1.82) is 0 Å². The molecule has 0 atom stereocenters. The second kappa shape index (κ2) is 6.52. The average molecular weight is 275 g/mol. The number of carbonyl (C=O) groups excluding carboxylic acids is 2. The molecule has 20 heavy (non-hydrogen) atoms. The van der Waals surface area contributed by atoms with Gasteiger partial charge < -0.3 is 10.2 Å². The molecule has 1 heterocycles. The highest BCUT2D eigenvalue weighted by Crippen LogP contribution is 2.09. The van der Waals surface area contributed by atoms with Crippen molar-refractivity contribution in [1.82, 2.24) is 9.80 Å². The number of amides is 2. The van der Waals surface area contributed by atoms with Gasteiger partial charge in [0.1, 0.15) is 0 Å². The zero-order valence-corrected chi connectivity index (χ0v) is 12.1. The van der Waals surface area contributed by atoms with Crippen molar-refractivity contribution in [2.75, 3.05) is 38.0 Å². The maximum Gasteiger partial charge on any atom is 0.238 e. The predicted molar refractivity (Wildman–Crippen MR) is 78.5 cm³/mol. The lowest BCUT2D eigenvalue weighted by molar-refractivity contribution is -0.130. The smallest absolute Gasteiger partial charge is 0.238 e. The number of hydrogen-bond acceptors (Lipinski definition) is 3. The summed E-state index contributed by atoms with van der Waals surface area (Å²) in [6, 6.07) is 7.75. The number of benzene rings is 1. The maximum absolute atomic E-state index is 11.9. The van der Waals surface area contributed by atoms with E-state index in [0.717, 1.165) is 18.8 Å². The van der Waals surface area contributed by atoms with Crippen LogP contribution < -0.4 is 5.32 Å². The Morgan fingerprint density at radius 1 is 1.10 bits per heavy atom. The lowest BCUT2D eigenvalue weighted by atomic mass is 10.2. The number of rotatable bonds is 3. The predicted octanol–water partition coefficient (Wildman–Crippen LogP) is 1.10. The van der Waals surface area contributed by atoms with Gasteiger partial charge in [-0.1, -0.05) is 17.7 Å². The molecule has 2 amide bonds. The van der Waals surface area contributed by atoms with Gasteiger partial charge in [-0.25, -0.2) is 0 Å². The summed E-state index contributed by atoms with van der Waals surface area (Å²) in [5.74, 6) is 0.0962. The Balaban J connectivity index is 1.78. The Bertz CT molecular complexity index is 476. The molecule has 0 radical (unpaired) electrons. The lowest BCUT2D eigenvalue weighted by Gasteiger charge is -2.33. The summed E-state index contributed by atoms with van der Waals surface area (Å²) in [6.07, 6.45) is 0. The van der Waals surface area contributed by atoms with Gasteiger partial charge in [0.05, 0.1) is 6.54 Å². The topological polar surface area (TPSA) is 52.7 Å². The first-order valence-corrected chi connectivity index (χ1v) is 6.89. The van der Waals surface area contributed by atoms with Gasteiger partial charge in [0.2, 0.25) is 11.8 Å². The Kier molecular flexibility index (Phi) is 4.74. The molecule has 1 aromatic rings. The highest BCUT2D eigenvalue weighted by atomic mass is 16.2. The summed E-state index contributed by atoms with van der Waals surface area (Å²) in [5, 5.41) is 2.89. The van der Waals surface area contributed by atoms with Crippen LogP contribution in [-0.4, -0.2) is 54.3 Å². The number of anilines is 1. The SMILES string of the molecule is CC(=O)N1CCN(CC(=O)Nc2ccc(C)cc2)CC1. The van der Waals surface area contributed by atoms with Gasteiger partial charge in [0.25, 0.3) is 0 Å². The molecule has 108 valence electrons. The highest BCUT2D eigenvalue weighted by molar-refractivity contribution is 5.92. The largest absolute Gasteiger partial charge is 0.340 e. The molecule has 2 rings (SSSR count). The van der Waals surface area contributed by atoms with Crippen LogP contribution >= 0.6 is 0 Å². The zero-order valence-electron chi connectivity index (χ0n) is 12.1. The Labute approximate surface area is 119 Å². The first-order valence-electron chi connectivity index (χ1n) is 6.89. The van der Waals surface area contributed by atoms with Crippen LogP contribution in [-0.2, 0) is 9.59 Å². The quantitative estimate of drug-likeness (QED) is 0.898. The van der Waals surface area contributed by atoms with Crippen LogP contribution in [0.1, 0.15) is 12.5 Å². The normalized spacial score (nSPS) is 16.0. The molecular formula is C15H21N3O2. The van der Waals surface area contributed by atoms with E-state index in [0.29, 0.717) is 19.6 Å². The molecule has 1 saturated heterocycles. The van der Waals surface area contributed by atoms with Gasteiger partial charge in [-0.2, -0.15) is 0 Å². The van der Waals surface area contributed by atoms with Crippen molar-refractivity contribution in [3.05, 3.63) is 29.8 Å². The molecule has 0 bridgehead atoms. The number of hydrogen-bond donors (Lipinski definition) is 1. The van der Waals surface area contributed by atoms with Gasteiger partial charge in [-0.3, -0.25) is 14.5 Å². The molecule has 1 aliphatic rings. The maximum atomic E-state index is 11.9. The second-order valence-electron chi connectivity index (χ2n) is 5.20. The van der Waals surface area contributed by atoms with Crippen LogP contribution in [0.5, 0.6) is 0 Å². The molecule has 0 aliphatic carbocycles. The van der Waals surface area contributed by atoms with Gasteiger partial charge >= 0.3 is 0 Å². The minimum absolute atomic E-state index is 0.00914. The average Bonchev–Trinajstić information content (AvgIpc) is 2.42. The van der Waals surface area contributed by atoms with Gasteiger partial charge in [0.15, 0.2) is 0 Å². The van der Waals surface area contributed by atoms with E-state index in [1.54, 1.807) is 6.92 Å². The van der Waals surface area contributed by atoms with E-state index in [9.17, 15) is 9.59 Å². The summed E-state index contributed by atoms with van der Waals surface area (Å²) >= 11 is 0. The zero-order chi connectivity index (χ0) is 14.5. The number of carbonyl (C=O) groups is 2. The van der Waals surface area contributed by atoms with E-state index < -0.39 is 0 Å². The minimum atomic E-state index is -0.00914. The number of nitrogens with one attached hydrogen (secondary N) is 1. The Morgan fingerprint density at radius 3 is 2.25 bits per heavy atom. The van der Waals surface area contributed by atoms with Crippen LogP contribution in [0.4, 0.5) is 5.69 Å². The molecular weight excluding hydrogens is 254 g/mol. The molecule has 1 N–H and O–H groups in total. The van der Waals surface area contributed by atoms with Crippen LogP contribution in [0.3, 0.4) is 0 Å². The number of piperazine rings is 1. The lowest BCUT2D eigenvalue weighted by Crippen LogP contribution is -2.49. The van der Waals surface area contributed by atoms with Crippen LogP contribution in [0, 0.1) is 6.92 Å². The second-order valence-corrected chi connectivity index (χ2v) is 5.20. The van der Waals surface area contributed by atoms with Crippen molar-refractivity contribution in [3.63, 3.8) is 0 Å². The summed E-state index contributed by atoms with van der Waals surface area (Å²) in [4.78, 5) is 27.1. The number of aryl methyl sites for hydroxylation is 1. The fourth-order valence-electron chi connectivity index (χ4n) is 2.26. The van der Waals surface area contributed by atoms with Gasteiger partial charge in [-0.05, 0) is 19.1 Å². The summed E-state index contributed by atoms with van der Waals surface area (Å²) in [6.45, 7) is 6.88. The third-order valence-corrected chi connectivity index (χ3v) is 3.52. The molecule has 0 unspecified atom stereocenters. The van der Waals surface area contributed by atoms with Crippen molar-refractivity contribution in [3.8, 4) is 0 Å². The standard InChI is InChI=1S/C15H21N3O2/c1-12-3-5-14(6-4-12)16-15(20)11-17-7-9-18(10-8-17)13(2)19/h3-6H,7-11H2,1-2H3,(H,16,20). The van der Waals surface area contributed by atoms with E-state index in [1.807, 2.05) is 36.1 Å². The monoisotopic (exact) mass is 275 g/mol.